The van der Waals surface area contributed by atoms with Gasteiger partial charge in [-0.25, -0.2) is 0 Å². The van der Waals surface area contributed by atoms with E-state index in [-0.39, 0.29) is 29.4 Å². The predicted octanol–water partition coefficient (Wildman–Crippen LogP) is 2.43. The number of pyridine rings is 1. The largest absolute Gasteiger partial charge is 0.369 e. The maximum Gasteiger partial charge on any atom is 0.253 e. The first-order chi connectivity index (χ1) is 14.1. The van der Waals surface area contributed by atoms with E-state index in [1.54, 1.807) is 23.7 Å². The number of ether oxygens (including phenoxy) is 1. The number of carbonyl (C=O) groups excluding carboxylic acids is 2. The molecule has 2 aromatic rings. The van der Waals surface area contributed by atoms with Gasteiger partial charge < -0.3 is 15.0 Å². The van der Waals surface area contributed by atoms with E-state index >= 15 is 0 Å². The summed E-state index contributed by atoms with van der Waals surface area (Å²) in [5.41, 5.74) is 2.40. The molecule has 0 aliphatic carbocycles. The van der Waals surface area contributed by atoms with E-state index < -0.39 is 0 Å². The third kappa shape index (κ3) is 3.26. The number of rotatable bonds is 5. The molecule has 3 aliphatic heterocycles. The second-order valence-electron chi connectivity index (χ2n) is 8.51. The number of fused-ring (bicyclic) bond motifs is 1. The molecule has 152 valence electrons. The van der Waals surface area contributed by atoms with Crippen LogP contribution in [-0.4, -0.2) is 53.0 Å². The van der Waals surface area contributed by atoms with E-state index in [1.807, 2.05) is 34.7 Å². The number of amides is 2. The number of nitrogens with one attached hydrogen (secondary N) is 1. The maximum atomic E-state index is 12.8. The Bertz CT molecular complexity index is 931. The zero-order valence-corrected chi connectivity index (χ0v) is 17.3. The normalized spacial score (nSPS) is 29.8. The fourth-order valence-corrected chi connectivity index (χ4v) is 6.01. The molecule has 2 bridgehead atoms. The molecule has 1 N–H and O–H groups in total. The van der Waals surface area contributed by atoms with Crippen molar-refractivity contribution < 1.29 is 14.3 Å². The molecule has 3 aliphatic rings. The van der Waals surface area contributed by atoms with Crippen molar-refractivity contribution in [2.45, 2.75) is 37.9 Å². The van der Waals surface area contributed by atoms with Crippen molar-refractivity contribution in [3.8, 4) is 0 Å². The molecular weight excluding hydrogens is 386 g/mol. The summed E-state index contributed by atoms with van der Waals surface area (Å²) in [5.74, 6) is 0.635. The standard InChI is InChI=1S/C22H25N3O3S/c1-14-3-6-23-9-16(14)21(27)24-10-17-18-11-25(13-22(18)5-2-19(17)28-22)20(26)8-15-4-7-29-12-15/h3-4,6-7,9,12,17-19H,2,5,8,10-11,13H2,1H3,(H,24,27)/t17-,18+,19+,22+/m0/s1. The van der Waals surface area contributed by atoms with Gasteiger partial charge in [0, 0.05) is 37.3 Å². The Balaban J connectivity index is 1.25. The summed E-state index contributed by atoms with van der Waals surface area (Å²) in [5, 5.41) is 7.14. The van der Waals surface area contributed by atoms with Crippen LogP contribution in [0.4, 0.5) is 0 Å². The van der Waals surface area contributed by atoms with Crippen LogP contribution in [0.25, 0.3) is 0 Å². The van der Waals surface area contributed by atoms with Crippen LogP contribution in [0.1, 0.15) is 34.3 Å². The number of aryl methyl sites for hydroxylation is 1. The molecule has 4 atom stereocenters. The lowest BCUT2D eigenvalue weighted by molar-refractivity contribution is -0.131. The summed E-state index contributed by atoms with van der Waals surface area (Å²) < 4.78 is 6.42. The van der Waals surface area contributed by atoms with Gasteiger partial charge in [0.1, 0.15) is 0 Å². The number of carbonyl (C=O) groups is 2. The Labute approximate surface area is 174 Å². The minimum absolute atomic E-state index is 0.0872. The lowest BCUT2D eigenvalue weighted by atomic mass is 9.73. The molecule has 2 aromatic heterocycles. The summed E-state index contributed by atoms with van der Waals surface area (Å²) in [6, 6.07) is 3.86. The Kier molecular flexibility index (Phi) is 4.67. The Morgan fingerprint density at radius 3 is 3.10 bits per heavy atom. The molecule has 3 fully saturated rings. The SMILES string of the molecule is Cc1ccncc1C(=O)NC[C@H]1[C@H]2CN(C(=O)Cc3ccsc3)C[C@]23CC[C@H]1O3. The highest BCUT2D eigenvalue weighted by Crippen LogP contribution is 2.54. The van der Waals surface area contributed by atoms with Gasteiger partial charge >= 0.3 is 0 Å². The summed E-state index contributed by atoms with van der Waals surface area (Å²) >= 11 is 1.62. The average Bonchev–Trinajstić information content (AvgIpc) is 3.47. The van der Waals surface area contributed by atoms with Gasteiger partial charge in [-0.3, -0.25) is 14.6 Å². The number of likely N-dealkylation sites (tertiary alicyclic amines) is 1. The topological polar surface area (TPSA) is 71.5 Å². The van der Waals surface area contributed by atoms with Crippen LogP contribution < -0.4 is 5.32 Å². The molecular formula is C22H25N3O3S. The van der Waals surface area contributed by atoms with Gasteiger partial charge in [0.25, 0.3) is 5.91 Å². The molecule has 7 heteroatoms. The highest BCUT2D eigenvalue weighted by atomic mass is 32.1. The fraction of sp³-hybridized carbons (Fsp3) is 0.500. The third-order valence-electron chi connectivity index (χ3n) is 6.85. The van der Waals surface area contributed by atoms with Crippen LogP contribution in [0.15, 0.2) is 35.3 Å². The summed E-state index contributed by atoms with van der Waals surface area (Å²) in [6.07, 6.45) is 5.97. The highest BCUT2D eigenvalue weighted by Gasteiger charge is 2.63. The molecule has 0 radical (unpaired) electrons. The number of hydrogen-bond acceptors (Lipinski definition) is 5. The summed E-state index contributed by atoms with van der Waals surface area (Å²) in [6.45, 7) is 3.91. The first-order valence-electron chi connectivity index (χ1n) is 10.2. The van der Waals surface area contributed by atoms with E-state index in [0.29, 0.717) is 31.0 Å². The average molecular weight is 412 g/mol. The van der Waals surface area contributed by atoms with E-state index in [2.05, 4.69) is 10.3 Å². The lowest BCUT2D eigenvalue weighted by Crippen LogP contribution is -2.42. The fourth-order valence-electron chi connectivity index (χ4n) is 5.34. The van der Waals surface area contributed by atoms with Gasteiger partial charge in [-0.1, -0.05) is 0 Å². The minimum atomic E-state index is -0.214. The highest BCUT2D eigenvalue weighted by molar-refractivity contribution is 7.08. The molecule has 29 heavy (non-hydrogen) atoms. The molecule has 0 unspecified atom stereocenters. The molecule has 1 spiro atoms. The van der Waals surface area contributed by atoms with Gasteiger partial charge in [0.2, 0.25) is 5.91 Å². The molecule has 5 heterocycles. The van der Waals surface area contributed by atoms with Crippen LogP contribution >= 0.6 is 11.3 Å². The van der Waals surface area contributed by atoms with Gasteiger partial charge in [-0.15, -0.1) is 0 Å². The number of thiophene rings is 1. The minimum Gasteiger partial charge on any atom is -0.369 e. The Morgan fingerprint density at radius 1 is 1.41 bits per heavy atom. The molecule has 5 rings (SSSR count). The van der Waals surface area contributed by atoms with Gasteiger partial charge in [0.15, 0.2) is 0 Å². The van der Waals surface area contributed by atoms with Gasteiger partial charge in [0.05, 0.1) is 30.2 Å². The third-order valence-corrected chi connectivity index (χ3v) is 7.59. The zero-order chi connectivity index (χ0) is 20.0. The molecule has 3 saturated heterocycles. The van der Waals surface area contributed by atoms with Crippen molar-refractivity contribution >= 4 is 23.2 Å². The van der Waals surface area contributed by atoms with E-state index in [9.17, 15) is 9.59 Å². The summed E-state index contributed by atoms with van der Waals surface area (Å²) in [4.78, 5) is 31.5. The zero-order valence-electron chi connectivity index (χ0n) is 16.5. The van der Waals surface area contributed by atoms with Crippen molar-refractivity contribution in [1.82, 2.24) is 15.2 Å². The van der Waals surface area contributed by atoms with E-state index in [4.69, 9.17) is 4.74 Å². The predicted molar refractivity (Wildman–Crippen MR) is 110 cm³/mol. The van der Waals surface area contributed by atoms with Crippen LogP contribution in [0.2, 0.25) is 0 Å². The number of aromatic nitrogens is 1. The molecule has 0 saturated carbocycles. The second kappa shape index (κ2) is 7.22. The van der Waals surface area contributed by atoms with Crippen LogP contribution in [0.5, 0.6) is 0 Å². The van der Waals surface area contributed by atoms with Crippen molar-refractivity contribution in [1.29, 1.82) is 0 Å². The van der Waals surface area contributed by atoms with Crippen LogP contribution in [-0.2, 0) is 16.0 Å². The Hall–Kier alpha value is -2.25. The van der Waals surface area contributed by atoms with Crippen LogP contribution in [0, 0.1) is 18.8 Å². The quantitative estimate of drug-likeness (QED) is 0.820. The Morgan fingerprint density at radius 2 is 2.31 bits per heavy atom. The van der Waals surface area contributed by atoms with Gasteiger partial charge in [-0.05, 0) is 53.8 Å². The maximum absolute atomic E-state index is 12.8. The van der Waals surface area contributed by atoms with Crippen molar-refractivity contribution in [2.75, 3.05) is 19.6 Å². The van der Waals surface area contributed by atoms with Crippen molar-refractivity contribution in [2.24, 2.45) is 11.8 Å². The smallest absolute Gasteiger partial charge is 0.253 e. The van der Waals surface area contributed by atoms with Crippen LogP contribution in [0.3, 0.4) is 0 Å². The van der Waals surface area contributed by atoms with Gasteiger partial charge in [-0.2, -0.15) is 11.3 Å². The second-order valence-corrected chi connectivity index (χ2v) is 9.29. The molecule has 6 nitrogen and oxygen atoms in total. The van der Waals surface area contributed by atoms with E-state index in [1.165, 1.54) is 0 Å². The van der Waals surface area contributed by atoms with Crippen molar-refractivity contribution in [3.63, 3.8) is 0 Å². The molecule has 2 amide bonds. The number of hydrogen-bond donors (Lipinski definition) is 1. The molecule has 0 aromatic carbocycles. The summed E-state index contributed by atoms with van der Waals surface area (Å²) in [7, 11) is 0. The monoisotopic (exact) mass is 411 g/mol. The first kappa shape index (κ1) is 18.8. The van der Waals surface area contributed by atoms with E-state index in [0.717, 1.165) is 30.5 Å². The first-order valence-corrected chi connectivity index (χ1v) is 11.2. The number of nitrogens with zero attached hydrogens (tertiary/aromatic N) is 2. The lowest BCUT2D eigenvalue weighted by Gasteiger charge is -2.29. The van der Waals surface area contributed by atoms with Crippen molar-refractivity contribution in [3.05, 3.63) is 52.0 Å².